The number of carbonyl (C=O) groups excluding carboxylic acids is 3. The van der Waals surface area contributed by atoms with E-state index in [9.17, 15) is 22.8 Å². The van der Waals surface area contributed by atoms with E-state index in [-0.39, 0.29) is 48.9 Å². The molecular weight excluding hydrogens is 766 g/mol. The zero-order valence-electron chi connectivity index (χ0n) is 31.7. The first-order valence-corrected chi connectivity index (χ1v) is 21.6. The maximum atomic E-state index is 14.5. The lowest BCUT2D eigenvalue weighted by Gasteiger charge is -2.40. The molecule has 4 heterocycles. The molecule has 13 nitrogen and oxygen atoms in total. The number of Topliss-reactive ketones (excluding diaryl/α,β-unsaturated/α-hetero) is 1. The van der Waals surface area contributed by atoms with Crippen molar-refractivity contribution in [1.82, 2.24) is 24.9 Å². The standard InChI is InChI=1S/C39H48ClN5O8S2/c1-7-22-16-39(22,38(48)44-55(49,50)23-8-9-23)17-29(46)27-15-32(28-18-41-34(21(4)5)37(47)45(27)28)53-31-14-25(36-43-26(19-54-36)20(2)3)42-35-24(31)10-11-30(33(35)40)52-13-12-51-6/h7,10-11,14,19-23,27-28,32,34,41H,1,8-9,12-13,15-18H2,2-6H3,(H,44,48)/t22-,27+,28-,32-,34-,39-/m1/s1. The Labute approximate surface area is 330 Å². The maximum absolute atomic E-state index is 14.5. The number of nitrogens with zero attached hydrogens (tertiary/aromatic N) is 3. The number of nitrogens with one attached hydrogen (secondary N) is 2. The molecule has 2 saturated carbocycles. The molecular formula is C39H48ClN5O8S2. The van der Waals surface area contributed by atoms with Crippen molar-refractivity contribution in [2.24, 2.45) is 17.3 Å². The second kappa shape index (κ2) is 15.4. The lowest BCUT2D eigenvalue weighted by molar-refractivity contribution is -0.146. The summed E-state index contributed by atoms with van der Waals surface area (Å²) in [5.41, 5.74) is 0.678. The van der Waals surface area contributed by atoms with Crippen molar-refractivity contribution in [3.05, 3.63) is 47.0 Å². The number of hydrogen-bond donors (Lipinski definition) is 2. The monoisotopic (exact) mass is 813 g/mol. The molecule has 2 aliphatic carbocycles. The molecule has 55 heavy (non-hydrogen) atoms. The van der Waals surface area contributed by atoms with Crippen LogP contribution < -0.4 is 19.5 Å². The molecule has 0 radical (unpaired) electrons. The first kappa shape index (κ1) is 39.6. The van der Waals surface area contributed by atoms with E-state index in [1.807, 2.05) is 31.4 Å². The van der Waals surface area contributed by atoms with Gasteiger partial charge < -0.3 is 24.4 Å². The van der Waals surface area contributed by atoms with Crippen LogP contribution >= 0.6 is 22.9 Å². The van der Waals surface area contributed by atoms with Crippen molar-refractivity contribution >= 4 is 61.5 Å². The Kier molecular flexibility index (Phi) is 11.1. The molecule has 6 atom stereocenters. The molecule has 2 aliphatic heterocycles. The molecule has 0 spiro atoms. The van der Waals surface area contributed by atoms with Gasteiger partial charge >= 0.3 is 0 Å². The van der Waals surface area contributed by atoms with Gasteiger partial charge in [0.2, 0.25) is 21.8 Å². The first-order valence-electron chi connectivity index (χ1n) is 18.8. The van der Waals surface area contributed by atoms with Gasteiger partial charge in [0.05, 0.1) is 46.6 Å². The van der Waals surface area contributed by atoms with Gasteiger partial charge in [0.1, 0.15) is 39.9 Å². The highest BCUT2D eigenvalue weighted by Gasteiger charge is 2.62. The Morgan fingerprint density at radius 3 is 2.58 bits per heavy atom. The summed E-state index contributed by atoms with van der Waals surface area (Å²) in [6, 6.07) is 3.46. The van der Waals surface area contributed by atoms with E-state index in [0.717, 1.165) is 5.69 Å². The number of thiazole rings is 1. The minimum Gasteiger partial charge on any atom is -0.490 e. The number of methoxy groups -OCH3 is 1. The fraction of sp³-hybridized carbons (Fsp3) is 0.564. The van der Waals surface area contributed by atoms with Gasteiger partial charge in [-0.05, 0) is 49.1 Å². The summed E-state index contributed by atoms with van der Waals surface area (Å²) in [7, 11) is -2.24. The first-order chi connectivity index (χ1) is 26.2. The number of allylic oxidation sites excluding steroid dienone is 1. The van der Waals surface area contributed by atoms with Gasteiger partial charge in [-0.3, -0.25) is 19.1 Å². The van der Waals surface area contributed by atoms with Crippen molar-refractivity contribution in [3.63, 3.8) is 0 Å². The van der Waals surface area contributed by atoms with E-state index in [1.165, 1.54) is 11.3 Å². The number of amides is 2. The van der Waals surface area contributed by atoms with Crippen LogP contribution in [0.4, 0.5) is 0 Å². The molecule has 1 aromatic carbocycles. The molecule has 0 bridgehead atoms. The minimum atomic E-state index is -3.83. The van der Waals surface area contributed by atoms with Crippen molar-refractivity contribution in [2.45, 2.75) is 95.2 Å². The number of ketones is 1. The number of rotatable bonds is 16. The Balaban J connectivity index is 1.23. The quantitative estimate of drug-likeness (QED) is 0.143. The van der Waals surface area contributed by atoms with Crippen LogP contribution in [0.5, 0.6) is 11.5 Å². The van der Waals surface area contributed by atoms with Crippen LogP contribution in [-0.4, -0.2) is 97.2 Å². The second-order valence-corrected chi connectivity index (χ2v) is 18.9. The number of aromatic nitrogens is 2. The van der Waals surface area contributed by atoms with E-state index in [0.29, 0.717) is 70.5 Å². The van der Waals surface area contributed by atoms with Gasteiger partial charge in [0.25, 0.3) is 0 Å². The average Bonchev–Trinajstić information content (AvgIpc) is 4.03. The zero-order chi connectivity index (χ0) is 39.4. The molecule has 2 N–H and O–H groups in total. The van der Waals surface area contributed by atoms with Gasteiger partial charge in [0, 0.05) is 43.3 Å². The van der Waals surface area contributed by atoms with E-state index in [4.69, 9.17) is 35.8 Å². The highest BCUT2D eigenvalue weighted by atomic mass is 35.5. The minimum absolute atomic E-state index is 0.0503. The number of pyridine rings is 1. The number of carbonyl (C=O) groups is 3. The van der Waals surface area contributed by atoms with Crippen LogP contribution in [0.1, 0.15) is 71.4 Å². The number of halogens is 1. The lowest BCUT2D eigenvalue weighted by atomic mass is 9.91. The molecule has 2 saturated heterocycles. The smallest absolute Gasteiger partial charge is 0.241 e. The summed E-state index contributed by atoms with van der Waals surface area (Å²) in [6.45, 7) is 12.9. The zero-order valence-corrected chi connectivity index (χ0v) is 34.1. The highest BCUT2D eigenvalue weighted by molar-refractivity contribution is 7.90. The van der Waals surface area contributed by atoms with Crippen molar-refractivity contribution < 1.29 is 37.0 Å². The molecule has 3 aromatic rings. The third-order valence-corrected chi connectivity index (χ3v) is 14.3. The molecule has 296 valence electrons. The summed E-state index contributed by atoms with van der Waals surface area (Å²) in [5, 5.41) is 6.39. The van der Waals surface area contributed by atoms with Crippen LogP contribution in [0, 0.1) is 17.3 Å². The molecule has 4 fully saturated rings. The van der Waals surface area contributed by atoms with Gasteiger partial charge in [-0.2, -0.15) is 0 Å². The van der Waals surface area contributed by atoms with Crippen molar-refractivity contribution in [2.75, 3.05) is 26.9 Å². The molecule has 4 aliphatic rings. The summed E-state index contributed by atoms with van der Waals surface area (Å²) in [6.07, 6.45) is 2.20. The normalized spacial score (nSPS) is 26.4. The second-order valence-electron chi connectivity index (χ2n) is 15.7. The predicted molar refractivity (Wildman–Crippen MR) is 210 cm³/mol. The lowest BCUT2D eigenvalue weighted by Crippen LogP contribution is -2.64. The summed E-state index contributed by atoms with van der Waals surface area (Å²) in [4.78, 5) is 53.6. The highest BCUT2D eigenvalue weighted by Crippen LogP contribution is 2.57. The van der Waals surface area contributed by atoms with Crippen molar-refractivity contribution in [3.8, 4) is 22.2 Å². The Bertz CT molecular complexity index is 2120. The molecule has 16 heteroatoms. The Morgan fingerprint density at radius 2 is 1.95 bits per heavy atom. The van der Waals surface area contributed by atoms with E-state index in [2.05, 4.69) is 30.5 Å². The van der Waals surface area contributed by atoms with Crippen LogP contribution in [0.2, 0.25) is 5.02 Å². The largest absolute Gasteiger partial charge is 0.490 e. The summed E-state index contributed by atoms with van der Waals surface area (Å²) >= 11 is 8.42. The number of sulfonamides is 1. The maximum Gasteiger partial charge on any atom is 0.241 e. The molecule has 0 unspecified atom stereocenters. The third kappa shape index (κ3) is 7.62. The number of ether oxygens (including phenoxy) is 3. The predicted octanol–water partition coefficient (Wildman–Crippen LogP) is 5.26. The van der Waals surface area contributed by atoms with E-state index >= 15 is 0 Å². The Hall–Kier alpha value is -3.63. The average molecular weight is 814 g/mol. The van der Waals surface area contributed by atoms with Gasteiger partial charge in [0.15, 0.2) is 5.78 Å². The molecule has 7 rings (SSSR count). The van der Waals surface area contributed by atoms with Crippen LogP contribution in [0.15, 0.2) is 36.2 Å². The van der Waals surface area contributed by atoms with Gasteiger partial charge in [-0.25, -0.2) is 18.4 Å². The van der Waals surface area contributed by atoms with Gasteiger partial charge in [-0.1, -0.05) is 45.4 Å². The number of hydrogen-bond acceptors (Lipinski definition) is 12. The van der Waals surface area contributed by atoms with E-state index in [1.54, 1.807) is 24.2 Å². The topological polar surface area (TPSA) is 166 Å². The SMILES string of the molecule is C=C[C@@H]1C[C@]1(CC(=O)[C@@H]1C[C@@H](Oc2cc(-c3nc(C(C)C)cs3)nc3c(Cl)c(OCCOC)ccc23)[C@H]2CN[C@H](C(C)C)C(=O)N21)C(=O)NS(=O)(=O)C1CC1. The molecule has 2 aromatic heterocycles. The van der Waals surface area contributed by atoms with Gasteiger partial charge in [-0.15, -0.1) is 17.9 Å². The summed E-state index contributed by atoms with van der Waals surface area (Å²) in [5.74, 6) is -0.537. The fourth-order valence-electron chi connectivity index (χ4n) is 7.78. The number of fused-ring (bicyclic) bond motifs is 2. The Morgan fingerprint density at radius 1 is 1.18 bits per heavy atom. The van der Waals surface area contributed by atoms with Crippen LogP contribution in [-0.2, 0) is 29.1 Å². The van der Waals surface area contributed by atoms with Crippen LogP contribution in [0.3, 0.4) is 0 Å². The number of piperazine rings is 1. The van der Waals surface area contributed by atoms with Crippen molar-refractivity contribution in [1.29, 1.82) is 0 Å². The van der Waals surface area contributed by atoms with E-state index < -0.39 is 50.8 Å². The third-order valence-electron chi connectivity index (χ3n) is 11.2. The fourth-order valence-corrected chi connectivity index (χ4v) is 10.4. The summed E-state index contributed by atoms with van der Waals surface area (Å²) < 4.78 is 45.7. The molecule has 2 amide bonds. The number of benzene rings is 1. The van der Waals surface area contributed by atoms with Crippen LogP contribution in [0.25, 0.3) is 21.6 Å².